The molecule has 0 saturated heterocycles. The number of aromatic nitrogens is 1. The van der Waals surface area contributed by atoms with Crippen LogP contribution in [0.15, 0.2) is 67.0 Å². The fourth-order valence-corrected chi connectivity index (χ4v) is 3.26. The highest BCUT2D eigenvalue weighted by Crippen LogP contribution is 2.29. The van der Waals surface area contributed by atoms with E-state index < -0.39 is 22.6 Å². The second kappa shape index (κ2) is 8.62. The van der Waals surface area contributed by atoms with Crippen LogP contribution in [0.2, 0.25) is 0 Å². The number of nitrogens with zero attached hydrogens (tertiary/aromatic N) is 2. The van der Waals surface area contributed by atoms with Gasteiger partial charge in [-0.2, -0.15) is 0 Å². The predicted octanol–water partition coefficient (Wildman–Crippen LogP) is 3.12. The number of hydrogen-bond donors (Lipinski definition) is 2. The van der Waals surface area contributed by atoms with Crippen LogP contribution in [0.25, 0.3) is 0 Å². The number of carbonyl (C=O) groups is 1. The van der Waals surface area contributed by atoms with Gasteiger partial charge in [0.1, 0.15) is 5.82 Å². The summed E-state index contributed by atoms with van der Waals surface area (Å²) in [6.07, 6.45) is 3.25. The summed E-state index contributed by atoms with van der Waals surface area (Å²) in [4.78, 5) is 16.4. The third-order valence-electron chi connectivity index (χ3n) is 4.05. The second-order valence-corrected chi connectivity index (χ2v) is 6.97. The number of pyridine rings is 1. The topological polar surface area (TPSA) is 79.4 Å². The van der Waals surface area contributed by atoms with E-state index >= 15 is 0 Å². The zero-order valence-corrected chi connectivity index (χ0v) is 15.9. The molecule has 0 bridgehead atoms. The molecule has 0 aliphatic rings. The standard InChI is InChI=1S/C20H18FN3O3S/c1-14-4-7-17(8-5-14)24(28(26)27)19-11-16(6-9-18(19)21)20(25)23-13-15-3-2-10-22-12-15/h2-12,28H,13H2,1H3,(H,23,25). The Hall–Kier alpha value is -3.26. The zero-order valence-electron chi connectivity index (χ0n) is 15.0. The van der Waals surface area contributed by atoms with Crippen molar-refractivity contribution in [3.05, 3.63) is 89.5 Å². The summed E-state index contributed by atoms with van der Waals surface area (Å²) < 4.78 is 38.9. The van der Waals surface area contributed by atoms with Crippen LogP contribution in [0.5, 0.6) is 0 Å². The zero-order chi connectivity index (χ0) is 20.1. The van der Waals surface area contributed by atoms with Crippen molar-refractivity contribution in [3.63, 3.8) is 0 Å². The van der Waals surface area contributed by atoms with Crippen molar-refractivity contribution < 1.29 is 17.6 Å². The Balaban J connectivity index is 1.89. The van der Waals surface area contributed by atoms with E-state index in [0.717, 1.165) is 21.5 Å². The Morgan fingerprint density at radius 1 is 1.14 bits per heavy atom. The van der Waals surface area contributed by atoms with E-state index in [2.05, 4.69) is 10.3 Å². The lowest BCUT2D eigenvalue weighted by atomic mass is 10.1. The lowest BCUT2D eigenvalue weighted by Gasteiger charge is -2.19. The second-order valence-electron chi connectivity index (χ2n) is 6.10. The van der Waals surface area contributed by atoms with Crippen LogP contribution in [0.1, 0.15) is 21.5 Å². The van der Waals surface area contributed by atoms with Gasteiger partial charge in [-0.05, 0) is 48.9 Å². The average Bonchev–Trinajstić information content (AvgIpc) is 2.70. The van der Waals surface area contributed by atoms with Gasteiger partial charge in [-0.1, -0.05) is 23.8 Å². The molecular weight excluding hydrogens is 381 g/mol. The first-order valence-corrected chi connectivity index (χ1v) is 9.56. The minimum atomic E-state index is -3.16. The van der Waals surface area contributed by atoms with Crippen LogP contribution in [-0.2, 0) is 17.4 Å². The third-order valence-corrected chi connectivity index (χ3v) is 4.83. The summed E-state index contributed by atoms with van der Waals surface area (Å²) >= 11 is 0. The maximum absolute atomic E-state index is 14.4. The minimum Gasteiger partial charge on any atom is -0.348 e. The molecule has 0 saturated carbocycles. The van der Waals surface area contributed by atoms with E-state index in [4.69, 9.17) is 0 Å². The molecule has 0 unspecified atom stereocenters. The van der Waals surface area contributed by atoms with Gasteiger partial charge in [-0.15, -0.1) is 0 Å². The fraction of sp³-hybridized carbons (Fsp3) is 0.100. The lowest BCUT2D eigenvalue weighted by molar-refractivity contribution is 0.0951. The van der Waals surface area contributed by atoms with Gasteiger partial charge >= 0.3 is 0 Å². The van der Waals surface area contributed by atoms with Gasteiger partial charge < -0.3 is 5.32 Å². The van der Waals surface area contributed by atoms with Crippen molar-refractivity contribution in [3.8, 4) is 0 Å². The van der Waals surface area contributed by atoms with E-state index in [-0.39, 0.29) is 23.5 Å². The van der Waals surface area contributed by atoms with Crippen molar-refractivity contribution in [2.75, 3.05) is 4.31 Å². The molecule has 144 valence electrons. The molecule has 3 aromatic rings. The molecule has 3 rings (SSSR count). The van der Waals surface area contributed by atoms with Crippen molar-refractivity contribution in [2.45, 2.75) is 13.5 Å². The molecule has 6 nitrogen and oxygen atoms in total. The highest BCUT2D eigenvalue weighted by Gasteiger charge is 2.18. The van der Waals surface area contributed by atoms with Crippen LogP contribution < -0.4 is 9.62 Å². The number of thiol groups is 1. The van der Waals surface area contributed by atoms with Crippen LogP contribution >= 0.6 is 0 Å². The number of hydrogen-bond acceptors (Lipinski definition) is 4. The van der Waals surface area contributed by atoms with Crippen LogP contribution in [-0.4, -0.2) is 19.3 Å². The maximum Gasteiger partial charge on any atom is 0.251 e. The molecule has 28 heavy (non-hydrogen) atoms. The molecular formula is C20H18FN3O3S. The van der Waals surface area contributed by atoms with Crippen molar-refractivity contribution >= 4 is 28.2 Å². The first-order chi connectivity index (χ1) is 13.5. The number of amides is 1. The number of nitrogens with one attached hydrogen (secondary N) is 1. The van der Waals surface area contributed by atoms with Gasteiger partial charge in [0, 0.05) is 24.5 Å². The van der Waals surface area contributed by atoms with Crippen molar-refractivity contribution in [1.29, 1.82) is 0 Å². The fourth-order valence-electron chi connectivity index (χ4n) is 2.61. The smallest absolute Gasteiger partial charge is 0.251 e. The largest absolute Gasteiger partial charge is 0.348 e. The van der Waals surface area contributed by atoms with E-state index in [1.807, 2.05) is 13.0 Å². The maximum atomic E-state index is 14.4. The number of benzene rings is 2. The number of rotatable bonds is 6. The molecule has 0 fully saturated rings. The summed E-state index contributed by atoms with van der Waals surface area (Å²) in [5.41, 5.74) is 1.97. The highest BCUT2D eigenvalue weighted by molar-refractivity contribution is 7.74. The van der Waals surface area contributed by atoms with Crippen molar-refractivity contribution in [2.24, 2.45) is 0 Å². The SMILES string of the molecule is Cc1ccc(N(c2cc(C(=O)NCc3cccnc3)ccc2F)[SH](=O)=O)cc1. The molecule has 1 aromatic heterocycles. The van der Waals surface area contributed by atoms with Gasteiger partial charge in [0.15, 0.2) is 0 Å². The number of halogens is 1. The predicted molar refractivity (Wildman–Crippen MR) is 105 cm³/mol. The van der Waals surface area contributed by atoms with Crippen molar-refractivity contribution in [1.82, 2.24) is 10.3 Å². The summed E-state index contributed by atoms with van der Waals surface area (Å²) in [5, 5.41) is 2.71. The Morgan fingerprint density at radius 3 is 2.54 bits per heavy atom. The Morgan fingerprint density at radius 2 is 1.89 bits per heavy atom. The molecule has 0 radical (unpaired) electrons. The van der Waals surface area contributed by atoms with Gasteiger partial charge in [0.2, 0.25) is 10.9 Å². The van der Waals surface area contributed by atoms with Gasteiger partial charge in [0.05, 0.1) is 11.4 Å². The van der Waals surface area contributed by atoms with Crippen LogP contribution in [0, 0.1) is 12.7 Å². The number of carbonyl (C=O) groups excluding carboxylic acids is 1. The van der Waals surface area contributed by atoms with E-state index in [9.17, 15) is 17.6 Å². The highest BCUT2D eigenvalue weighted by atomic mass is 32.2. The Kier molecular flexibility index (Phi) is 6.00. The van der Waals surface area contributed by atoms with Gasteiger partial charge in [0.25, 0.3) is 5.91 Å². The molecule has 1 amide bonds. The number of aryl methyl sites for hydroxylation is 1. The number of anilines is 2. The van der Waals surface area contributed by atoms with Crippen LogP contribution in [0.4, 0.5) is 15.8 Å². The molecule has 8 heteroatoms. The summed E-state index contributed by atoms with van der Waals surface area (Å²) in [6, 6.07) is 13.8. The van der Waals surface area contributed by atoms with E-state index in [0.29, 0.717) is 0 Å². The van der Waals surface area contributed by atoms with Gasteiger partial charge in [-0.3, -0.25) is 9.78 Å². The Bertz CT molecular complexity index is 1050. The van der Waals surface area contributed by atoms with E-state index in [1.165, 1.54) is 12.1 Å². The quantitative estimate of drug-likeness (QED) is 0.624. The first-order valence-electron chi connectivity index (χ1n) is 8.43. The monoisotopic (exact) mass is 399 g/mol. The van der Waals surface area contributed by atoms with Gasteiger partial charge in [-0.25, -0.2) is 17.1 Å². The average molecular weight is 399 g/mol. The molecule has 2 aromatic carbocycles. The molecule has 0 atom stereocenters. The molecule has 0 aliphatic heterocycles. The molecule has 1 heterocycles. The molecule has 0 aliphatic carbocycles. The summed E-state index contributed by atoms with van der Waals surface area (Å²) in [5.74, 6) is -1.20. The third kappa shape index (κ3) is 4.52. The first kappa shape index (κ1) is 19.5. The molecule has 1 N–H and O–H groups in total. The summed E-state index contributed by atoms with van der Waals surface area (Å²) in [7, 11) is -3.16. The lowest BCUT2D eigenvalue weighted by Crippen LogP contribution is -2.24. The van der Waals surface area contributed by atoms with Crippen LogP contribution in [0.3, 0.4) is 0 Å². The molecule has 0 spiro atoms. The summed E-state index contributed by atoms with van der Waals surface area (Å²) in [6.45, 7) is 2.11. The minimum absolute atomic E-state index is 0.147. The van der Waals surface area contributed by atoms with E-state index in [1.54, 1.807) is 42.7 Å². The Labute approximate surface area is 163 Å². The normalized spacial score (nSPS) is 10.7.